The minimum absolute atomic E-state index is 0.0852. The standard InChI is InChI=1S/C33H44N4O4/c1-22-18-37(23(2)20-38)32(39)31-30(27-16-10-11-17-28(27)36(31)4)26-15-9-8-12-24(26)21-41-29(22)19-35(3)33(40)34-25-13-6-5-7-14-25/h8-12,15-17,22-23,25,29,38H,5-7,13-14,18-21H2,1-4H3,(H,34,40)/t22-,23+,29-/m0/s1. The summed E-state index contributed by atoms with van der Waals surface area (Å²) < 4.78 is 8.60. The zero-order valence-corrected chi connectivity index (χ0v) is 24.8. The van der Waals surface area contributed by atoms with E-state index in [0.29, 0.717) is 25.4 Å². The molecule has 220 valence electrons. The van der Waals surface area contributed by atoms with Gasteiger partial charge in [-0.25, -0.2) is 4.79 Å². The number of hydrogen-bond donors (Lipinski definition) is 2. The van der Waals surface area contributed by atoms with Crippen molar-refractivity contribution in [2.45, 2.75) is 70.7 Å². The number of para-hydroxylation sites is 1. The van der Waals surface area contributed by atoms with Crippen molar-refractivity contribution in [3.63, 3.8) is 0 Å². The molecule has 2 heterocycles. The number of rotatable bonds is 5. The highest BCUT2D eigenvalue weighted by Gasteiger charge is 2.34. The molecule has 2 N–H and O–H groups in total. The molecule has 0 spiro atoms. The molecule has 1 aliphatic heterocycles. The van der Waals surface area contributed by atoms with E-state index in [2.05, 4.69) is 30.4 Å². The zero-order chi connectivity index (χ0) is 29.1. The average Bonchev–Trinajstić information content (AvgIpc) is 3.28. The predicted octanol–water partition coefficient (Wildman–Crippen LogP) is 5.18. The molecule has 1 fully saturated rings. The summed E-state index contributed by atoms with van der Waals surface area (Å²) in [5.74, 6) is -0.216. The van der Waals surface area contributed by atoms with Crippen LogP contribution in [0.25, 0.3) is 22.0 Å². The van der Waals surface area contributed by atoms with Crippen molar-refractivity contribution in [1.29, 1.82) is 0 Å². The normalized spacial score (nSPS) is 21.1. The Morgan fingerprint density at radius 2 is 1.83 bits per heavy atom. The lowest BCUT2D eigenvalue weighted by Crippen LogP contribution is -2.50. The topological polar surface area (TPSA) is 87.0 Å². The van der Waals surface area contributed by atoms with Gasteiger partial charge in [0.25, 0.3) is 5.91 Å². The summed E-state index contributed by atoms with van der Waals surface area (Å²) >= 11 is 0. The number of nitrogens with one attached hydrogen (secondary N) is 1. The second kappa shape index (κ2) is 12.7. The molecule has 8 heteroatoms. The van der Waals surface area contributed by atoms with Crippen molar-refractivity contribution in [1.82, 2.24) is 19.7 Å². The van der Waals surface area contributed by atoms with Gasteiger partial charge in [-0.15, -0.1) is 0 Å². The molecule has 1 aliphatic carbocycles. The Kier molecular flexibility index (Phi) is 9.00. The number of carbonyl (C=O) groups excluding carboxylic acids is 2. The van der Waals surface area contributed by atoms with Gasteiger partial charge in [0.15, 0.2) is 0 Å². The first kappa shape index (κ1) is 29.1. The van der Waals surface area contributed by atoms with Gasteiger partial charge in [-0.3, -0.25) is 4.79 Å². The van der Waals surface area contributed by atoms with Gasteiger partial charge in [0.1, 0.15) is 5.69 Å². The summed E-state index contributed by atoms with van der Waals surface area (Å²) in [5.41, 5.74) is 4.42. The van der Waals surface area contributed by atoms with E-state index in [4.69, 9.17) is 4.74 Å². The van der Waals surface area contributed by atoms with Crippen molar-refractivity contribution in [3.8, 4) is 11.1 Å². The van der Waals surface area contributed by atoms with Crippen molar-refractivity contribution >= 4 is 22.8 Å². The largest absolute Gasteiger partial charge is 0.394 e. The average molecular weight is 561 g/mol. The van der Waals surface area contributed by atoms with E-state index in [9.17, 15) is 14.7 Å². The Morgan fingerprint density at radius 1 is 1.12 bits per heavy atom. The summed E-state index contributed by atoms with van der Waals surface area (Å²) in [4.78, 5) is 31.1. The molecule has 3 aromatic rings. The van der Waals surface area contributed by atoms with Gasteiger partial charge in [-0.1, -0.05) is 68.7 Å². The summed E-state index contributed by atoms with van der Waals surface area (Å²) in [7, 11) is 3.75. The van der Waals surface area contributed by atoms with Gasteiger partial charge >= 0.3 is 6.03 Å². The zero-order valence-electron chi connectivity index (χ0n) is 24.8. The Balaban J connectivity index is 1.52. The number of aliphatic hydroxyl groups excluding tert-OH is 1. The molecule has 0 unspecified atom stereocenters. The molecule has 2 aliphatic rings. The Morgan fingerprint density at radius 3 is 2.59 bits per heavy atom. The Bertz CT molecular complexity index is 1380. The molecule has 8 nitrogen and oxygen atoms in total. The third-order valence-electron chi connectivity index (χ3n) is 8.96. The van der Waals surface area contributed by atoms with E-state index in [-0.39, 0.29) is 42.7 Å². The van der Waals surface area contributed by atoms with E-state index in [1.165, 1.54) is 6.42 Å². The molecular formula is C33H44N4O4. The van der Waals surface area contributed by atoms with E-state index in [1.54, 1.807) is 9.80 Å². The number of hydrogen-bond acceptors (Lipinski definition) is 4. The fourth-order valence-electron chi connectivity index (χ4n) is 6.41. The highest BCUT2D eigenvalue weighted by atomic mass is 16.5. The number of fused-ring (bicyclic) bond motifs is 5. The highest BCUT2D eigenvalue weighted by Crippen LogP contribution is 2.38. The van der Waals surface area contributed by atoms with Crippen LogP contribution in [-0.2, 0) is 18.4 Å². The van der Waals surface area contributed by atoms with E-state index in [1.807, 2.05) is 55.9 Å². The predicted molar refractivity (Wildman–Crippen MR) is 162 cm³/mol. The summed E-state index contributed by atoms with van der Waals surface area (Å²) in [6.07, 6.45) is 5.28. The number of likely N-dealkylation sites (N-methyl/N-ethyl adjacent to an activating group) is 1. The highest BCUT2D eigenvalue weighted by molar-refractivity contribution is 6.10. The maximum absolute atomic E-state index is 14.5. The second-order valence-electron chi connectivity index (χ2n) is 11.9. The molecule has 2 aromatic carbocycles. The van der Waals surface area contributed by atoms with Crippen LogP contribution < -0.4 is 5.32 Å². The smallest absolute Gasteiger partial charge is 0.317 e. The van der Waals surface area contributed by atoms with Gasteiger partial charge in [-0.05, 0) is 37.0 Å². The van der Waals surface area contributed by atoms with Crippen LogP contribution in [0.15, 0.2) is 48.5 Å². The van der Waals surface area contributed by atoms with Gasteiger partial charge < -0.3 is 29.5 Å². The van der Waals surface area contributed by atoms with Gasteiger partial charge in [-0.2, -0.15) is 0 Å². The molecule has 1 aromatic heterocycles. The number of urea groups is 1. The van der Waals surface area contributed by atoms with Crippen LogP contribution in [0.2, 0.25) is 0 Å². The molecule has 0 radical (unpaired) electrons. The molecule has 41 heavy (non-hydrogen) atoms. The number of aliphatic hydroxyl groups is 1. The minimum atomic E-state index is -0.389. The van der Waals surface area contributed by atoms with Gasteiger partial charge in [0, 0.05) is 55.6 Å². The van der Waals surface area contributed by atoms with Gasteiger partial charge in [0.05, 0.1) is 25.4 Å². The SMILES string of the molecule is C[C@H](CO)N1C[C@H](C)[C@H](CN(C)C(=O)NC2CCCCC2)OCc2ccccc2-c2c(n(C)c3ccccc23)C1=O. The van der Waals surface area contributed by atoms with Crippen LogP contribution in [0, 0.1) is 5.92 Å². The lowest BCUT2D eigenvalue weighted by Gasteiger charge is -2.35. The van der Waals surface area contributed by atoms with Crippen LogP contribution in [0.4, 0.5) is 4.79 Å². The number of aryl methyl sites for hydroxylation is 1. The van der Waals surface area contributed by atoms with E-state index < -0.39 is 0 Å². The Hall–Kier alpha value is -3.36. The number of ether oxygens (including phenoxy) is 1. The molecule has 0 saturated heterocycles. The Labute approximate surface area is 243 Å². The molecule has 0 bridgehead atoms. The minimum Gasteiger partial charge on any atom is -0.394 e. The quantitative estimate of drug-likeness (QED) is 0.450. The lowest BCUT2D eigenvalue weighted by atomic mass is 9.96. The van der Waals surface area contributed by atoms with Crippen molar-refractivity contribution < 1.29 is 19.4 Å². The third kappa shape index (κ3) is 5.99. The molecule has 5 rings (SSSR count). The van der Waals surface area contributed by atoms with Crippen LogP contribution in [-0.4, -0.2) is 76.3 Å². The number of nitrogens with zero attached hydrogens (tertiary/aromatic N) is 3. The van der Waals surface area contributed by atoms with E-state index >= 15 is 0 Å². The first-order valence-corrected chi connectivity index (χ1v) is 15.0. The first-order valence-electron chi connectivity index (χ1n) is 15.0. The van der Waals surface area contributed by atoms with Crippen molar-refractivity contribution in [2.24, 2.45) is 13.0 Å². The molecule has 1 saturated carbocycles. The van der Waals surface area contributed by atoms with Crippen molar-refractivity contribution in [2.75, 3.05) is 26.7 Å². The molecule has 3 amide bonds. The maximum atomic E-state index is 14.5. The van der Waals surface area contributed by atoms with Crippen LogP contribution in [0.5, 0.6) is 0 Å². The fraction of sp³-hybridized carbons (Fsp3) is 0.515. The number of aromatic nitrogens is 1. The summed E-state index contributed by atoms with van der Waals surface area (Å²) in [6, 6.07) is 15.9. The van der Waals surface area contributed by atoms with Crippen LogP contribution >= 0.6 is 0 Å². The molecular weight excluding hydrogens is 516 g/mol. The number of benzene rings is 2. The maximum Gasteiger partial charge on any atom is 0.317 e. The van der Waals surface area contributed by atoms with E-state index in [0.717, 1.165) is 53.3 Å². The monoisotopic (exact) mass is 560 g/mol. The first-order chi connectivity index (χ1) is 19.8. The summed E-state index contributed by atoms with van der Waals surface area (Å²) in [5, 5.41) is 14.4. The summed E-state index contributed by atoms with van der Waals surface area (Å²) in [6.45, 7) is 4.93. The number of amides is 3. The third-order valence-corrected chi connectivity index (χ3v) is 8.96. The van der Waals surface area contributed by atoms with Gasteiger partial charge in [0.2, 0.25) is 0 Å². The van der Waals surface area contributed by atoms with Crippen LogP contribution in [0.3, 0.4) is 0 Å². The van der Waals surface area contributed by atoms with Crippen LogP contribution in [0.1, 0.15) is 62.0 Å². The molecule has 3 atom stereocenters. The lowest BCUT2D eigenvalue weighted by molar-refractivity contribution is -0.0186. The van der Waals surface area contributed by atoms with Crippen molar-refractivity contribution in [3.05, 3.63) is 59.8 Å². The fourth-order valence-corrected chi connectivity index (χ4v) is 6.41. The second-order valence-corrected chi connectivity index (χ2v) is 11.9. The number of carbonyl (C=O) groups is 2.